The molecule has 2 aromatic carbocycles. The number of carbonyl (C=O) groups excluding carboxylic acids is 3. The van der Waals surface area contributed by atoms with Crippen LogP contribution in [0.25, 0.3) is 10.4 Å². The molecule has 1 aliphatic heterocycles. The molecule has 0 atom stereocenters. The molecule has 0 aliphatic carbocycles. The normalized spacial score (nSPS) is 12.2. The number of primary amides is 2. The number of rotatable bonds is 4. The highest BCUT2D eigenvalue weighted by Gasteiger charge is 2.24. The molecule has 158 valence electrons. The van der Waals surface area contributed by atoms with Crippen molar-refractivity contribution in [3.63, 3.8) is 0 Å². The van der Waals surface area contributed by atoms with Crippen molar-refractivity contribution in [3.05, 3.63) is 69.1 Å². The maximum absolute atomic E-state index is 13.2. The molecule has 3 amide bonds. The van der Waals surface area contributed by atoms with E-state index in [0.29, 0.717) is 34.9 Å². The van der Waals surface area contributed by atoms with Gasteiger partial charge in [0.25, 0.3) is 5.91 Å². The van der Waals surface area contributed by atoms with Crippen molar-refractivity contribution >= 4 is 46.3 Å². The van der Waals surface area contributed by atoms with Crippen molar-refractivity contribution in [1.82, 2.24) is 0 Å². The summed E-state index contributed by atoms with van der Waals surface area (Å²) in [5.41, 5.74) is 13.6. The van der Waals surface area contributed by atoms with E-state index in [0.717, 1.165) is 16.0 Å². The number of hydrogen-bond donors (Lipinski definition) is 2. The standard InChI is InChI=1S/C22H18ClN3O4S/c1-26(16-5-3-12(20(24)27)8-15(16)23)22(29)18-10-11-6-7-30-17-9-13(21(25)28)2-4-14(17)19(11)31-18/h2-5,8-10H,6-7H2,1H3,(H2,24,27)(H2,25,28). The van der Waals surface area contributed by atoms with Crippen molar-refractivity contribution in [2.45, 2.75) is 6.42 Å². The van der Waals surface area contributed by atoms with Crippen LogP contribution in [0.1, 0.15) is 36.0 Å². The summed E-state index contributed by atoms with van der Waals surface area (Å²) in [6, 6.07) is 11.5. The first-order valence-electron chi connectivity index (χ1n) is 9.33. The average Bonchev–Trinajstić information content (AvgIpc) is 3.08. The smallest absolute Gasteiger partial charge is 0.268 e. The molecule has 9 heteroatoms. The number of hydrogen-bond acceptors (Lipinski definition) is 5. The van der Waals surface area contributed by atoms with Crippen molar-refractivity contribution < 1.29 is 19.1 Å². The Morgan fingerprint density at radius 2 is 1.71 bits per heavy atom. The van der Waals surface area contributed by atoms with E-state index in [1.807, 2.05) is 6.07 Å². The fourth-order valence-corrected chi connectivity index (χ4v) is 4.93. The maximum atomic E-state index is 13.2. The van der Waals surface area contributed by atoms with Gasteiger partial charge < -0.3 is 21.1 Å². The molecule has 4 N–H and O–H groups in total. The monoisotopic (exact) mass is 455 g/mol. The molecule has 7 nitrogen and oxygen atoms in total. The van der Waals surface area contributed by atoms with Crippen molar-refractivity contribution in [2.24, 2.45) is 11.5 Å². The number of carbonyl (C=O) groups is 3. The number of thiophene rings is 1. The predicted molar refractivity (Wildman–Crippen MR) is 120 cm³/mol. The Balaban J connectivity index is 1.69. The SMILES string of the molecule is CN(C(=O)c1cc2c(s1)-c1ccc(C(N)=O)cc1OCC2)c1ccc(C(N)=O)cc1Cl. The number of nitrogens with zero attached hydrogens (tertiary/aromatic N) is 1. The Morgan fingerprint density at radius 1 is 1.03 bits per heavy atom. The number of nitrogens with two attached hydrogens (primary N) is 2. The van der Waals surface area contributed by atoms with Crippen LogP contribution in [0.3, 0.4) is 0 Å². The van der Waals surface area contributed by atoms with E-state index >= 15 is 0 Å². The fraction of sp³-hybridized carbons (Fsp3) is 0.136. The Kier molecular flexibility index (Phi) is 5.43. The average molecular weight is 456 g/mol. The third kappa shape index (κ3) is 3.87. The van der Waals surface area contributed by atoms with Gasteiger partial charge in [0.2, 0.25) is 11.8 Å². The number of benzene rings is 2. The van der Waals surface area contributed by atoms with Gasteiger partial charge in [-0.2, -0.15) is 0 Å². The van der Waals surface area contributed by atoms with Crippen LogP contribution in [0.4, 0.5) is 5.69 Å². The quantitative estimate of drug-likeness (QED) is 0.626. The number of ether oxygens (including phenoxy) is 1. The Bertz CT molecular complexity index is 1240. The van der Waals surface area contributed by atoms with E-state index in [1.54, 1.807) is 31.3 Å². The summed E-state index contributed by atoms with van der Waals surface area (Å²) >= 11 is 7.62. The second kappa shape index (κ2) is 8.05. The summed E-state index contributed by atoms with van der Waals surface area (Å²) in [7, 11) is 1.62. The molecule has 3 aromatic rings. The molecule has 1 aromatic heterocycles. The lowest BCUT2D eigenvalue weighted by atomic mass is 10.1. The Morgan fingerprint density at radius 3 is 2.39 bits per heavy atom. The minimum Gasteiger partial charge on any atom is -0.493 e. The van der Waals surface area contributed by atoms with Crippen LogP contribution in [0.15, 0.2) is 42.5 Å². The van der Waals surface area contributed by atoms with Crippen molar-refractivity contribution in [3.8, 4) is 16.2 Å². The van der Waals surface area contributed by atoms with Crippen LogP contribution in [0, 0.1) is 0 Å². The summed E-state index contributed by atoms with van der Waals surface area (Å²) in [4.78, 5) is 38.9. The number of amides is 3. The van der Waals surface area contributed by atoms with Gasteiger partial charge in [-0.1, -0.05) is 11.6 Å². The second-order valence-corrected chi connectivity index (χ2v) is 8.49. The summed E-state index contributed by atoms with van der Waals surface area (Å²) in [6.07, 6.45) is 0.622. The predicted octanol–water partition coefficient (Wildman–Crippen LogP) is 3.48. The molecular weight excluding hydrogens is 438 g/mol. The van der Waals surface area contributed by atoms with Gasteiger partial charge in [-0.3, -0.25) is 14.4 Å². The van der Waals surface area contributed by atoms with Gasteiger partial charge >= 0.3 is 0 Å². The van der Waals surface area contributed by atoms with Crippen LogP contribution in [0.5, 0.6) is 5.75 Å². The molecule has 1 aliphatic rings. The molecule has 31 heavy (non-hydrogen) atoms. The molecule has 4 rings (SSSR count). The summed E-state index contributed by atoms with van der Waals surface area (Å²) in [5, 5.41) is 0.253. The highest BCUT2D eigenvalue weighted by atomic mass is 35.5. The van der Waals surface area contributed by atoms with E-state index in [1.165, 1.54) is 28.4 Å². The first-order chi connectivity index (χ1) is 14.8. The fourth-order valence-electron chi connectivity index (χ4n) is 3.41. The molecule has 0 fully saturated rings. The van der Waals surface area contributed by atoms with Crippen LogP contribution in [0.2, 0.25) is 5.02 Å². The van der Waals surface area contributed by atoms with E-state index in [4.69, 9.17) is 27.8 Å². The van der Waals surface area contributed by atoms with Crippen molar-refractivity contribution in [2.75, 3.05) is 18.6 Å². The molecule has 0 saturated carbocycles. The molecule has 0 saturated heterocycles. The zero-order valence-electron chi connectivity index (χ0n) is 16.5. The molecule has 0 bridgehead atoms. The summed E-state index contributed by atoms with van der Waals surface area (Å²) in [6.45, 7) is 0.419. The molecular formula is C22H18ClN3O4S. The lowest BCUT2D eigenvalue weighted by Crippen LogP contribution is -2.26. The first kappa shape index (κ1) is 20.9. The first-order valence-corrected chi connectivity index (χ1v) is 10.5. The van der Waals surface area contributed by atoms with E-state index < -0.39 is 11.8 Å². The lowest BCUT2D eigenvalue weighted by molar-refractivity contribution is 0.0990. The summed E-state index contributed by atoms with van der Waals surface area (Å²) < 4.78 is 5.79. The highest BCUT2D eigenvalue weighted by molar-refractivity contribution is 7.17. The highest BCUT2D eigenvalue weighted by Crippen LogP contribution is 2.41. The molecule has 2 heterocycles. The number of halogens is 1. The van der Waals surface area contributed by atoms with Crippen LogP contribution >= 0.6 is 22.9 Å². The second-order valence-electron chi connectivity index (χ2n) is 7.03. The maximum Gasteiger partial charge on any atom is 0.268 e. The minimum absolute atomic E-state index is 0.233. The van der Waals surface area contributed by atoms with E-state index in [2.05, 4.69) is 0 Å². The van der Waals surface area contributed by atoms with Crippen LogP contribution in [-0.2, 0) is 6.42 Å². The molecule has 0 radical (unpaired) electrons. The Labute approximate surface area is 187 Å². The van der Waals surface area contributed by atoms with Gasteiger partial charge in [0.05, 0.1) is 22.2 Å². The topological polar surface area (TPSA) is 116 Å². The summed E-state index contributed by atoms with van der Waals surface area (Å²) in [5.74, 6) is -0.791. The molecule has 0 spiro atoms. The van der Waals surface area contributed by atoms with E-state index in [9.17, 15) is 14.4 Å². The van der Waals surface area contributed by atoms with Gasteiger partial charge in [0.1, 0.15) is 5.75 Å². The van der Waals surface area contributed by atoms with E-state index in [-0.39, 0.29) is 16.5 Å². The minimum atomic E-state index is -0.593. The van der Waals surface area contributed by atoms with Gasteiger partial charge in [-0.25, -0.2) is 0 Å². The van der Waals surface area contributed by atoms with Gasteiger partial charge in [0, 0.05) is 35.0 Å². The molecule has 0 unspecified atom stereocenters. The number of fused-ring (bicyclic) bond motifs is 3. The van der Waals surface area contributed by atoms with Gasteiger partial charge in [-0.05, 0) is 48.0 Å². The van der Waals surface area contributed by atoms with Crippen LogP contribution < -0.4 is 21.1 Å². The van der Waals surface area contributed by atoms with Gasteiger partial charge in [-0.15, -0.1) is 11.3 Å². The zero-order chi connectivity index (χ0) is 22.3. The van der Waals surface area contributed by atoms with Crippen LogP contribution in [-0.4, -0.2) is 31.4 Å². The Hall–Kier alpha value is -3.36. The largest absolute Gasteiger partial charge is 0.493 e. The lowest BCUT2D eigenvalue weighted by Gasteiger charge is -2.18. The zero-order valence-corrected chi connectivity index (χ0v) is 18.0. The van der Waals surface area contributed by atoms with Crippen molar-refractivity contribution in [1.29, 1.82) is 0 Å². The van der Waals surface area contributed by atoms with Gasteiger partial charge in [0.15, 0.2) is 0 Å². The third-order valence-corrected chi connectivity index (χ3v) is 6.56. The third-order valence-electron chi connectivity index (χ3n) is 5.06. The number of anilines is 1.